The molecule has 2 unspecified atom stereocenters. The lowest BCUT2D eigenvalue weighted by Gasteiger charge is -2.29. The van der Waals surface area contributed by atoms with Crippen LogP contribution < -0.4 is 5.32 Å². The van der Waals surface area contributed by atoms with Crippen LogP contribution in [0.15, 0.2) is 36.7 Å². The maximum Gasteiger partial charge on any atom is 0.251 e. The topological polar surface area (TPSA) is 67.2 Å². The summed E-state index contributed by atoms with van der Waals surface area (Å²) in [7, 11) is 0. The van der Waals surface area contributed by atoms with Crippen LogP contribution in [0.4, 0.5) is 4.39 Å². The zero-order valence-corrected chi connectivity index (χ0v) is 13.6. The van der Waals surface area contributed by atoms with Gasteiger partial charge in [0, 0.05) is 24.5 Å². The first kappa shape index (κ1) is 17.1. The Hall–Kier alpha value is -2.21. The van der Waals surface area contributed by atoms with Crippen LogP contribution in [-0.2, 0) is 0 Å². The Morgan fingerprint density at radius 1 is 1.52 bits per heavy atom. The van der Waals surface area contributed by atoms with Crippen molar-refractivity contribution in [1.82, 2.24) is 15.1 Å². The Labute approximate surface area is 135 Å². The summed E-state index contributed by atoms with van der Waals surface area (Å²) in [6.07, 6.45) is 3.98. The predicted molar refractivity (Wildman–Crippen MR) is 85.9 cm³/mol. The van der Waals surface area contributed by atoms with Crippen LogP contribution in [0.2, 0.25) is 0 Å². The van der Waals surface area contributed by atoms with Crippen molar-refractivity contribution in [3.05, 3.63) is 48.0 Å². The average Bonchev–Trinajstić information content (AvgIpc) is 3.05. The summed E-state index contributed by atoms with van der Waals surface area (Å²) in [6, 6.07) is 5.90. The fourth-order valence-electron chi connectivity index (χ4n) is 2.22. The molecule has 1 aromatic heterocycles. The number of carbonyl (C=O) groups is 1. The van der Waals surface area contributed by atoms with E-state index in [1.807, 2.05) is 13.8 Å². The van der Waals surface area contributed by atoms with Crippen LogP contribution in [-0.4, -0.2) is 32.9 Å². The standard InChI is InChI=1S/C17H22FN3O2/c1-4-12(2)17(3,23)11-19-16(22)13-6-7-15(14(18)10-13)21-9-5-8-20-21/h5-10,12,23H,4,11H2,1-3H3,(H,19,22). The van der Waals surface area contributed by atoms with E-state index in [9.17, 15) is 14.3 Å². The second-order valence-corrected chi connectivity index (χ2v) is 5.97. The second-order valence-electron chi connectivity index (χ2n) is 5.97. The van der Waals surface area contributed by atoms with Gasteiger partial charge in [-0.25, -0.2) is 9.07 Å². The monoisotopic (exact) mass is 319 g/mol. The fraction of sp³-hybridized carbons (Fsp3) is 0.412. The predicted octanol–water partition coefficient (Wildman–Crippen LogP) is 2.54. The molecule has 0 aliphatic heterocycles. The van der Waals surface area contributed by atoms with Gasteiger partial charge >= 0.3 is 0 Å². The SMILES string of the molecule is CCC(C)C(C)(O)CNC(=O)c1ccc(-n2cccn2)c(F)c1. The van der Waals surface area contributed by atoms with Crippen molar-refractivity contribution >= 4 is 5.91 Å². The van der Waals surface area contributed by atoms with E-state index in [2.05, 4.69) is 10.4 Å². The van der Waals surface area contributed by atoms with Crippen molar-refractivity contribution in [3.63, 3.8) is 0 Å². The highest BCUT2D eigenvalue weighted by molar-refractivity contribution is 5.94. The van der Waals surface area contributed by atoms with Crippen molar-refractivity contribution in [3.8, 4) is 5.69 Å². The molecule has 2 rings (SSSR count). The molecule has 0 fully saturated rings. The third-order valence-electron chi connectivity index (χ3n) is 4.24. The largest absolute Gasteiger partial charge is 0.388 e. The minimum Gasteiger partial charge on any atom is -0.388 e. The number of nitrogens with one attached hydrogen (secondary N) is 1. The third-order valence-corrected chi connectivity index (χ3v) is 4.24. The molecule has 0 spiro atoms. The molecule has 1 aromatic carbocycles. The summed E-state index contributed by atoms with van der Waals surface area (Å²) in [6.45, 7) is 5.70. The number of carbonyl (C=O) groups excluding carboxylic acids is 1. The lowest BCUT2D eigenvalue weighted by Crippen LogP contribution is -2.45. The third kappa shape index (κ3) is 3.96. The van der Waals surface area contributed by atoms with Gasteiger partial charge in [-0.1, -0.05) is 20.3 Å². The number of nitrogens with zero attached hydrogens (tertiary/aromatic N) is 2. The molecule has 0 radical (unpaired) electrons. The van der Waals surface area contributed by atoms with Gasteiger partial charge < -0.3 is 10.4 Å². The summed E-state index contributed by atoms with van der Waals surface area (Å²) >= 11 is 0. The second kappa shape index (κ2) is 6.91. The number of aliphatic hydroxyl groups is 1. The minimum atomic E-state index is -1.00. The summed E-state index contributed by atoms with van der Waals surface area (Å²) in [5.41, 5.74) is -0.519. The highest BCUT2D eigenvalue weighted by atomic mass is 19.1. The van der Waals surface area contributed by atoms with Gasteiger partial charge in [-0.3, -0.25) is 4.79 Å². The number of hydrogen-bond acceptors (Lipinski definition) is 3. The van der Waals surface area contributed by atoms with Crippen molar-refractivity contribution in [2.75, 3.05) is 6.54 Å². The van der Waals surface area contributed by atoms with Gasteiger partial charge in [-0.15, -0.1) is 0 Å². The van der Waals surface area contributed by atoms with Gasteiger partial charge in [0.2, 0.25) is 0 Å². The molecular formula is C17H22FN3O2. The van der Waals surface area contributed by atoms with Crippen LogP contribution in [0.5, 0.6) is 0 Å². The molecule has 0 bridgehead atoms. The molecule has 2 atom stereocenters. The Morgan fingerprint density at radius 2 is 2.26 bits per heavy atom. The van der Waals surface area contributed by atoms with E-state index < -0.39 is 17.3 Å². The van der Waals surface area contributed by atoms with Gasteiger partial charge in [0.05, 0.1) is 5.60 Å². The van der Waals surface area contributed by atoms with Gasteiger partial charge in [-0.2, -0.15) is 5.10 Å². The number of amides is 1. The fourth-order valence-corrected chi connectivity index (χ4v) is 2.22. The first-order valence-corrected chi connectivity index (χ1v) is 7.65. The molecule has 5 nitrogen and oxygen atoms in total. The van der Waals surface area contributed by atoms with Gasteiger partial charge in [-0.05, 0) is 37.1 Å². The summed E-state index contributed by atoms with van der Waals surface area (Å²) in [5, 5.41) is 16.9. The van der Waals surface area contributed by atoms with Gasteiger partial charge in [0.25, 0.3) is 5.91 Å². The molecule has 23 heavy (non-hydrogen) atoms. The minimum absolute atomic E-state index is 0.0433. The van der Waals surface area contributed by atoms with E-state index in [1.54, 1.807) is 25.4 Å². The zero-order chi connectivity index (χ0) is 17.0. The van der Waals surface area contributed by atoms with Crippen LogP contribution in [0.1, 0.15) is 37.6 Å². The first-order valence-electron chi connectivity index (χ1n) is 7.65. The van der Waals surface area contributed by atoms with Crippen molar-refractivity contribution < 1.29 is 14.3 Å². The zero-order valence-electron chi connectivity index (χ0n) is 13.6. The van der Waals surface area contributed by atoms with E-state index >= 15 is 0 Å². The molecule has 2 N–H and O–H groups in total. The van der Waals surface area contributed by atoms with Crippen LogP contribution in [0.25, 0.3) is 5.69 Å². The Kier molecular flexibility index (Phi) is 5.15. The number of hydrogen-bond donors (Lipinski definition) is 2. The summed E-state index contributed by atoms with van der Waals surface area (Å²) in [5.74, 6) is -0.906. The van der Waals surface area contributed by atoms with E-state index in [1.165, 1.54) is 22.9 Å². The maximum atomic E-state index is 14.1. The van der Waals surface area contributed by atoms with Crippen LogP contribution >= 0.6 is 0 Å². The number of rotatable bonds is 6. The van der Waals surface area contributed by atoms with Gasteiger partial charge in [0.1, 0.15) is 11.5 Å². The first-order chi connectivity index (χ1) is 10.8. The average molecular weight is 319 g/mol. The molecule has 1 amide bonds. The van der Waals surface area contributed by atoms with E-state index in [4.69, 9.17) is 0 Å². The Morgan fingerprint density at radius 3 is 2.83 bits per heavy atom. The quantitative estimate of drug-likeness (QED) is 0.860. The molecule has 2 aromatic rings. The number of aromatic nitrogens is 2. The lowest BCUT2D eigenvalue weighted by molar-refractivity contribution is 0.00592. The number of benzene rings is 1. The Bertz CT molecular complexity index is 668. The van der Waals surface area contributed by atoms with Crippen LogP contribution in [0, 0.1) is 11.7 Å². The van der Waals surface area contributed by atoms with E-state index in [0.29, 0.717) is 0 Å². The maximum absolute atomic E-state index is 14.1. The van der Waals surface area contributed by atoms with Crippen molar-refractivity contribution in [1.29, 1.82) is 0 Å². The lowest BCUT2D eigenvalue weighted by atomic mass is 9.88. The molecule has 124 valence electrons. The molecule has 1 heterocycles. The van der Waals surface area contributed by atoms with E-state index in [-0.39, 0.29) is 23.7 Å². The molecular weight excluding hydrogens is 297 g/mol. The van der Waals surface area contributed by atoms with Crippen molar-refractivity contribution in [2.45, 2.75) is 32.8 Å². The normalized spacial score (nSPS) is 15.0. The van der Waals surface area contributed by atoms with Crippen LogP contribution in [0.3, 0.4) is 0 Å². The number of halogens is 1. The van der Waals surface area contributed by atoms with E-state index in [0.717, 1.165) is 6.42 Å². The summed E-state index contributed by atoms with van der Waals surface area (Å²) < 4.78 is 15.5. The smallest absolute Gasteiger partial charge is 0.251 e. The highest BCUT2D eigenvalue weighted by Gasteiger charge is 2.27. The molecule has 0 saturated heterocycles. The Balaban J connectivity index is 2.07. The molecule has 0 saturated carbocycles. The molecule has 0 aliphatic carbocycles. The van der Waals surface area contributed by atoms with Crippen molar-refractivity contribution in [2.24, 2.45) is 5.92 Å². The summed E-state index contributed by atoms with van der Waals surface area (Å²) in [4.78, 5) is 12.1. The van der Waals surface area contributed by atoms with Gasteiger partial charge in [0.15, 0.2) is 0 Å². The molecule has 6 heteroatoms. The molecule has 0 aliphatic rings. The highest BCUT2D eigenvalue weighted by Crippen LogP contribution is 2.19.